The molecule has 0 aromatic heterocycles. The lowest BCUT2D eigenvalue weighted by molar-refractivity contribution is -0.000686. The second-order valence-corrected chi connectivity index (χ2v) is 9.50. The fourth-order valence-corrected chi connectivity index (χ4v) is 2.81. The Hall–Kier alpha value is -0.850. The lowest BCUT2D eigenvalue weighted by atomic mass is 10.2. The summed E-state index contributed by atoms with van der Waals surface area (Å²) >= 11 is 23.7. The molecule has 1 aromatic rings. The standard InChI is InChI=1S/C21H29Cl4NO4/c1-14(26-30-21(3,4)5)13-27-9-6-7-15(2)29-20-17(22)11-16(12-18(20)23)28-10-8-19(24)25/h8,11-12,15H,6-7,9-10,13H2,1-5H3. The molecule has 0 saturated carbocycles. The van der Waals surface area contributed by atoms with Crippen molar-refractivity contribution in [2.75, 3.05) is 19.8 Å². The van der Waals surface area contributed by atoms with Gasteiger partial charge in [0.2, 0.25) is 0 Å². The first kappa shape index (κ1) is 27.2. The summed E-state index contributed by atoms with van der Waals surface area (Å²) in [6, 6.07) is 3.27. The third kappa shape index (κ3) is 12.1. The van der Waals surface area contributed by atoms with Crippen LogP contribution in [-0.2, 0) is 9.57 Å². The van der Waals surface area contributed by atoms with E-state index in [1.165, 1.54) is 6.08 Å². The molecule has 0 amide bonds. The van der Waals surface area contributed by atoms with Crippen molar-refractivity contribution in [2.24, 2.45) is 5.16 Å². The maximum atomic E-state index is 6.29. The highest BCUT2D eigenvalue weighted by Gasteiger charge is 2.14. The smallest absolute Gasteiger partial charge is 0.157 e. The Kier molecular flexibility index (Phi) is 12.3. The van der Waals surface area contributed by atoms with Gasteiger partial charge in [-0.2, -0.15) is 0 Å². The van der Waals surface area contributed by atoms with Crippen LogP contribution >= 0.6 is 46.4 Å². The summed E-state index contributed by atoms with van der Waals surface area (Å²) in [6.07, 6.45) is 3.02. The second kappa shape index (κ2) is 13.5. The monoisotopic (exact) mass is 499 g/mol. The third-order valence-corrected chi connectivity index (χ3v) is 4.33. The Labute approximate surface area is 199 Å². The lowest BCUT2D eigenvalue weighted by Crippen LogP contribution is -2.18. The predicted octanol–water partition coefficient (Wildman–Crippen LogP) is 7.45. The van der Waals surface area contributed by atoms with Gasteiger partial charge in [-0.1, -0.05) is 51.6 Å². The lowest BCUT2D eigenvalue weighted by Gasteiger charge is -2.18. The van der Waals surface area contributed by atoms with Crippen molar-refractivity contribution in [3.05, 3.63) is 32.7 Å². The molecule has 0 fully saturated rings. The normalized spacial score (nSPS) is 13.0. The first-order valence-electron chi connectivity index (χ1n) is 9.57. The molecule has 1 aromatic carbocycles. The highest BCUT2D eigenvalue weighted by atomic mass is 35.5. The average Bonchev–Trinajstić information content (AvgIpc) is 2.62. The molecule has 5 nitrogen and oxygen atoms in total. The van der Waals surface area contributed by atoms with E-state index in [0.717, 1.165) is 18.6 Å². The number of ether oxygens (including phenoxy) is 3. The molecule has 0 saturated heterocycles. The summed E-state index contributed by atoms with van der Waals surface area (Å²) in [5.41, 5.74) is 0.481. The molecule has 0 bridgehead atoms. The number of halogens is 4. The summed E-state index contributed by atoms with van der Waals surface area (Å²) in [5.74, 6) is 0.920. The molecule has 1 rings (SSSR count). The zero-order valence-electron chi connectivity index (χ0n) is 17.9. The van der Waals surface area contributed by atoms with Crippen LogP contribution in [0, 0.1) is 0 Å². The second-order valence-electron chi connectivity index (χ2n) is 7.67. The number of hydrogen-bond acceptors (Lipinski definition) is 5. The molecule has 1 atom stereocenters. The molecule has 170 valence electrons. The molecule has 0 radical (unpaired) electrons. The van der Waals surface area contributed by atoms with Gasteiger partial charge in [0.05, 0.1) is 28.5 Å². The number of oxime groups is 1. The van der Waals surface area contributed by atoms with Gasteiger partial charge in [0.25, 0.3) is 0 Å². The van der Waals surface area contributed by atoms with Crippen molar-refractivity contribution in [1.82, 2.24) is 0 Å². The summed E-state index contributed by atoms with van der Waals surface area (Å²) < 4.78 is 17.1. The number of hydrogen-bond donors (Lipinski definition) is 0. The van der Waals surface area contributed by atoms with E-state index in [9.17, 15) is 0 Å². The van der Waals surface area contributed by atoms with Crippen LogP contribution < -0.4 is 9.47 Å². The Balaban J connectivity index is 2.41. The Morgan fingerprint density at radius 2 is 1.80 bits per heavy atom. The minimum atomic E-state index is -0.310. The molecule has 0 aliphatic carbocycles. The molecular weight excluding hydrogens is 472 g/mol. The summed E-state index contributed by atoms with van der Waals surface area (Å²) in [7, 11) is 0. The fraction of sp³-hybridized carbons (Fsp3) is 0.571. The summed E-state index contributed by atoms with van der Waals surface area (Å²) in [5, 5.41) is 4.78. The van der Waals surface area contributed by atoms with E-state index in [0.29, 0.717) is 34.8 Å². The van der Waals surface area contributed by atoms with Crippen LogP contribution in [0.15, 0.2) is 27.9 Å². The van der Waals surface area contributed by atoms with Gasteiger partial charge in [-0.25, -0.2) is 0 Å². The van der Waals surface area contributed by atoms with E-state index >= 15 is 0 Å². The molecule has 0 aliphatic heterocycles. The van der Waals surface area contributed by atoms with Gasteiger partial charge in [-0.3, -0.25) is 0 Å². The van der Waals surface area contributed by atoms with E-state index in [1.54, 1.807) is 12.1 Å². The van der Waals surface area contributed by atoms with Gasteiger partial charge >= 0.3 is 0 Å². The average molecular weight is 501 g/mol. The van der Waals surface area contributed by atoms with Crippen molar-refractivity contribution >= 4 is 52.1 Å². The minimum absolute atomic E-state index is 0.0904. The fourth-order valence-electron chi connectivity index (χ4n) is 2.13. The van der Waals surface area contributed by atoms with Crippen molar-refractivity contribution in [3.8, 4) is 11.5 Å². The first-order chi connectivity index (χ1) is 14.0. The molecule has 9 heteroatoms. The third-order valence-electron chi connectivity index (χ3n) is 3.46. The maximum Gasteiger partial charge on any atom is 0.157 e. The van der Waals surface area contributed by atoms with Crippen LogP contribution in [0.2, 0.25) is 10.0 Å². The Morgan fingerprint density at radius 3 is 2.37 bits per heavy atom. The van der Waals surface area contributed by atoms with Crippen molar-refractivity contribution < 1.29 is 19.0 Å². The highest BCUT2D eigenvalue weighted by Crippen LogP contribution is 2.37. The molecular formula is C21H29Cl4NO4. The van der Waals surface area contributed by atoms with Crippen molar-refractivity contribution in [2.45, 2.75) is 59.2 Å². The summed E-state index contributed by atoms with van der Waals surface area (Å²) in [6.45, 7) is 10.9. The topological polar surface area (TPSA) is 49.3 Å². The van der Waals surface area contributed by atoms with Gasteiger partial charge in [0.1, 0.15) is 22.4 Å². The molecule has 0 spiro atoms. The van der Waals surface area contributed by atoms with Gasteiger partial charge in [-0.15, -0.1) is 0 Å². The van der Waals surface area contributed by atoms with Crippen LogP contribution in [-0.4, -0.2) is 37.2 Å². The van der Waals surface area contributed by atoms with Crippen LogP contribution in [0.25, 0.3) is 0 Å². The molecule has 0 heterocycles. The van der Waals surface area contributed by atoms with Crippen molar-refractivity contribution in [1.29, 1.82) is 0 Å². The minimum Gasteiger partial charge on any atom is -0.489 e. The van der Waals surface area contributed by atoms with Gasteiger partial charge in [0, 0.05) is 18.7 Å². The molecule has 30 heavy (non-hydrogen) atoms. The zero-order chi connectivity index (χ0) is 22.7. The molecule has 1 unspecified atom stereocenters. The van der Waals surface area contributed by atoms with E-state index in [4.69, 9.17) is 65.5 Å². The highest BCUT2D eigenvalue weighted by molar-refractivity contribution is 6.55. The zero-order valence-corrected chi connectivity index (χ0v) is 21.0. The van der Waals surface area contributed by atoms with Crippen molar-refractivity contribution in [3.63, 3.8) is 0 Å². The van der Waals surface area contributed by atoms with Crippen LogP contribution in [0.1, 0.15) is 47.5 Å². The van der Waals surface area contributed by atoms with E-state index < -0.39 is 0 Å². The quantitative estimate of drug-likeness (QED) is 0.170. The summed E-state index contributed by atoms with van der Waals surface area (Å²) in [4.78, 5) is 5.36. The first-order valence-corrected chi connectivity index (χ1v) is 11.1. The van der Waals surface area contributed by atoms with E-state index in [-0.39, 0.29) is 22.8 Å². The van der Waals surface area contributed by atoms with E-state index in [1.807, 2.05) is 34.6 Å². The predicted molar refractivity (Wildman–Crippen MR) is 126 cm³/mol. The number of benzene rings is 1. The SMILES string of the molecule is CC(COCCCC(C)Oc1c(Cl)cc(OCC=C(Cl)Cl)cc1Cl)=NOC(C)(C)C. The van der Waals surface area contributed by atoms with E-state index in [2.05, 4.69) is 5.16 Å². The molecule has 0 N–H and O–H groups in total. The number of nitrogens with zero attached hydrogens (tertiary/aromatic N) is 1. The van der Waals surface area contributed by atoms with Crippen LogP contribution in [0.4, 0.5) is 0 Å². The maximum absolute atomic E-state index is 6.29. The Morgan fingerprint density at radius 1 is 1.17 bits per heavy atom. The number of rotatable bonds is 12. The van der Waals surface area contributed by atoms with Gasteiger partial charge in [0.15, 0.2) is 5.75 Å². The van der Waals surface area contributed by atoms with Crippen LogP contribution in [0.3, 0.4) is 0 Å². The van der Waals surface area contributed by atoms with Gasteiger partial charge in [-0.05, 0) is 53.5 Å². The Bertz CT molecular complexity index is 705. The molecule has 0 aliphatic rings. The van der Waals surface area contributed by atoms with Crippen LogP contribution in [0.5, 0.6) is 11.5 Å². The van der Waals surface area contributed by atoms with Gasteiger partial charge < -0.3 is 19.0 Å². The largest absolute Gasteiger partial charge is 0.489 e.